The Morgan fingerprint density at radius 1 is 1.08 bits per heavy atom. The molecule has 13 heavy (non-hydrogen) atoms. The van der Waals surface area contributed by atoms with Crippen LogP contribution < -0.4 is 0 Å². The summed E-state index contributed by atoms with van der Waals surface area (Å²) in [6.07, 6.45) is 6.70. The van der Waals surface area contributed by atoms with E-state index >= 15 is 0 Å². The second-order valence-electron chi connectivity index (χ2n) is 4.58. The summed E-state index contributed by atoms with van der Waals surface area (Å²) in [7, 11) is 0. The lowest BCUT2D eigenvalue weighted by molar-refractivity contribution is 0.0207. The van der Waals surface area contributed by atoms with Crippen LogP contribution in [-0.2, 0) is 0 Å². The maximum absolute atomic E-state index is 9.69. The molecule has 2 fully saturated rings. The first kappa shape index (κ1) is 9.02. The van der Waals surface area contributed by atoms with Crippen LogP contribution in [0.5, 0.6) is 0 Å². The van der Waals surface area contributed by atoms with Crippen molar-refractivity contribution < 1.29 is 5.11 Å². The number of hydrogen-bond donors (Lipinski definition) is 1. The molecule has 4 atom stereocenters. The maximum atomic E-state index is 9.69. The minimum absolute atomic E-state index is 0.0839. The van der Waals surface area contributed by atoms with Crippen LogP contribution in [0.4, 0.5) is 0 Å². The van der Waals surface area contributed by atoms with E-state index in [-0.39, 0.29) is 12.0 Å². The summed E-state index contributed by atoms with van der Waals surface area (Å²) in [5.74, 6) is 1.37. The molecule has 0 spiro atoms. The van der Waals surface area contributed by atoms with Crippen molar-refractivity contribution in [1.82, 2.24) is 0 Å². The Balaban J connectivity index is 2.02. The van der Waals surface area contributed by atoms with Gasteiger partial charge in [-0.1, -0.05) is 25.7 Å². The van der Waals surface area contributed by atoms with Crippen molar-refractivity contribution in [3.63, 3.8) is 0 Å². The maximum Gasteiger partial charge on any atom is 0.0725 e. The average molecular weight is 179 g/mol. The molecule has 2 nitrogen and oxygen atoms in total. The van der Waals surface area contributed by atoms with Crippen LogP contribution in [0.3, 0.4) is 0 Å². The number of nitriles is 1. The van der Waals surface area contributed by atoms with Gasteiger partial charge < -0.3 is 5.11 Å². The van der Waals surface area contributed by atoms with Gasteiger partial charge in [0.2, 0.25) is 0 Å². The Kier molecular flexibility index (Phi) is 2.55. The monoisotopic (exact) mass is 179 g/mol. The number of aliphatic hydroxyl groups is 1. The molecule has 2 saturated carbocycles. The van der Waals surface area contributed by atoms with E-state index in [1.807, 2.05) is 0 Å². The molecule has 0 aromatic heterocycles. The van der Waals surface area contributed by atoms with Gasteiger partial charge in [0.05, 0.1) is 18.1 Å². The summed E-state index contributed by atoms with van der Waals surface area (Å²) in [5.41, 5.74) is 0. The Morgan fingerprint density at radius 2 is 1.69 bits per heavy atom. The highest BCUT2D eigenvalue weighted by Crippen LogP contribution is 2.42. The van der Waals surface area contributed by atoms with Gasteiger partial charge in [-0.25, -0.2) is 0 Å². The SMILES string of the molecule is N#C[C@@H]1CC2CCCC[C@@H]2CC1O. The molecule has 2 heteroatoms. The first-order valence-electron chi connectivity index (χ1n) is 5.39. The van der Waals surface area contributed by atoms with Gasteiger partial charge in [-0.15, -0.1) is 0 Å². The van der Waals surface area contributed by atoms with Crippen molar-refractivity contribution >= 4 is 0 Å². The molecule has 72 valence electrons. The molecule has 0 heterocycles. The lowest BCUT2D eigenvalue weighted by Crippen LogP contribution is -2.36. The predicted octanol–water partition coefficient (Wildman–Crippen LogP) is 2.09. The largest absolute Gasteiger partial charge is 0.392 e. The van der Waals surface area contributed by atoms with Crippen LogP contribution >= 0.6 is 0 Å². The molecule has 0 aliphatic heterocycles. The third-order valence-electron chi connectivity index (χ3n) is 3.80. The molecule has 0 aromatic rings. The predicted molar refractivity (Wildman–Crippen MR) is 49.8 cm³/mol. The van der Waals surface area contributed by atoms with Crippen molar-refractivity contribution in [2.45, 2.75) is 44.6 Å². The second-order valence-corrected chi connectivity index (χ2v) is 4.58. The lowest BCUT2D eigenvalue weighted by atomic mass is 9.67. The van der Waals surface area contributed by atoms with Gasteiger partial charge in [0, 0.05) is 0 Å². The van der Waals surface area contributed by atoms with E-state index < -0.39 is 0 Å². The molecular formula is C11H17NO. The van der Waals surface area contributed by atoms with Crippen LogP contribution in [0.2, 0.25) is 0 Å². The zero-order chi connectivity index (χ0) is 9.26. The Hall–Kier alpha value is -0.550. The van der Waals surface area contributed by atoms with Crippen LogP contribution in [0.15, 0.2) is 0 Å². The molecule has 2 aliphatic rings. The van der Waals surface area contributed by atoms with Gasteiger partial charge in [-0.3, -0.25) is 0 Å². The van der Waals surface area contributed by atoms with Gasteiger partial charge in [0.1, 0.15) is 0 Å². The van der Waals surface area contributed by atoms with E-state index in [0.717, 1.165) is 18.8 Å². The molecular weight excluding hydrogens is 162 g/mol. The normalized spacial score (nSPS) is 44.9. The van der Waals surface area contributed by atoms with Crippen molar-refractivity contribution in [1.29, 1.82) is 5.26 Å². The fraction of sp³-hybridized carbons (Fsp3) is 0.909. The minimum atomic E-state index is -0.343. The summed E-state index contributed by atoms with van der Waals surface area (Å²) in [6, 6.07) is 2.24. The molecule has 2 aliphatic carbocycles. The van der Waals surface area contributed by atoms with Gasteiger partial charge in [-0.05, 0) is 24.7 Å². The van der Waals surface area contributed by atoms with Crippen molar-refractivity contribution in [2.75, 3.05) is 0 Å². The summed E-state index contributed by atoms with van der Waals surface area (Å²) in [6.45, 7) is 0. The summed E-state index contributed by atoms with van der Waals surface area (Å²) >= 11 is 0. The Bertz CT molecular complexity index is 221. The van der Waals surface area contributed by atoms with Crippen molar-refractivity contribution in [3.8, 4) is 6.07 Å². The Morgan fingerprint density at radius 3 is 2.31 bits per heavy atom. The number of rotatable bonds is 0. The zero-order valence-corrected chi connectivity index (χ0v) is 7.95. The molecule has 2 unspecified atom stereocenters. The minimum Gasteiger partial charge on any atom is -0.392 e. The van der Waals surface area contributed by atoms with E-state index in [1.165, 1.54) is 25.7 Å². The van der Waals surface area contributed by atoms with E-state index in [1.54, 1.807) is 0 Å². The highest BCUT2D eigenvalue weighted by atomic mass is 16.3. The standard InChI is InChI=1S/C11H17NO/c12-7-10-5-8-3-1-2-4-9(8)6-11(10)13/h8-11,13H,1-6H2/t8?,9-,10+,11?/m1/s1. The van der Waals surface area contributed by atoms with E-state index in [9.17, 15) is 5.11 Å². The van der Waals surface area contributed by atoms with E-state index in [4.69, 9.17) is 5.26 Å². The van der Waals surface area contributed by atoms with Crippen molar-refractivity contribution in [3.05, 3.63) is 0 Å². The van der Waals surface area contributed by atoms with Crippen LogP contribution in [-0.4, -0.2) is 11.2 Å². The number of nitrogens with zero attached hydrogens (tertiary/aromatic N) is 1. The Labute approximate surface area is 79.6 Å². The van der Waals surface area contributed by atoms with E-state index in [0.29, 0.717) is 5.92 Å². The number of aliphatic hydroxyl groups excluding tert-OH is 1. The fourth-order valence-corrected chi connectivity index (χ4v) is 3.00. The highest BCUT2D eigenvalue weighted by Gasteiger charge is 2.37. The highest BCUT2D eigenvalue weighted by molar-refractivity contribution is 4.96. The zero-order valence-electron chi connectivity index (χ0n) is 7.95. The van der Waals surface area contributed by atoms with Gasteiger partial charge in [-0.2, -0.15) is 5.26 Å². The smallest absolute Gasteiger partial charge is 0.0725 e. The number of fused-ring (bicyclic) bond motifs is 1. The first-order chi connectivity index (χ1) is 6.31. The molecule has 0 amide bonds. The molecule has 0 radical (unpaired) electrons. The summed E-state index contributed by atoms with van der Waals surface area (Å²) in [5, 5.41) is 18.5. The van der Waals surface area contributed by atoms with Crippen molar-refractivity contribution in [2.24, 2.45) is 17.8 Å². The molecule has 0 saturated heterocycles. The summed E-state index contributed by atoms with van der Waals surface area (Å²) < 4.78 is 0. The topological polar surface area (TPSA) is 44.0 Å². The van der Waals surface area contributed by atoms with Gasteiger partial charge >= 0.3 is 0 Å². The molecule has 0 aromatic carbocycles. The quantitative estimate of drug-likeness (QED) is 0.618. The molecule has 0 bridgehead atoms. The number of hydrogen-bond acceptors (Lipinski definition) is 2. The fourth-order valence-electron chi connectivity index (χ4n) is 3.00. The molecule has 1 N–H and O–H groups in total. The third kappa shape index (κ3) is 1.71. The second kappa shape index (κ2) is 3.67. The third-order valence-corrected chi connectivity index (χ3v) is 3.80. The van der Waals surface area contributed by atoms with Crippen LogP contribution in [0.1, 0.15) is 38.5 Å². The van der Waals surface area contributed by atoms with E-state index in [2.05, 4.69) is 6.07 Å². The lowest BCUT2D eigenvalue weighted by Gasteiger charge is -2.39. The molecule has 2 rings (SSSR count). The van der Waals surface area contributed by atoms with Gasteiger partial charge in [0.25, 0.3) is 0 Å². The first-order valence-corrected chi connectivity index (χ1v) is 5.39. The van der Waals surface area contributed by atoms with Crippen LogP contribution in [0.25, 0.3) is 0 Å². The van der Waals surface area contributed by atoms with Gasteiger partial charge in [0.15, 0.2) is 0 Å². The van der Waals surface area contributed by atoms with Crippen LogP contribution in [0, 0.1) is 29.1 Å². The average Bonchev–Trinajstić information content (AvgIpc) is 2.17. The summed E-state index contributed by atoms with van der Waals surface area (Å²) in [4.78, 5) is 0.